The number of β-amino-alcohol motifs (C(OH)–C–C–N with tert-alkyl or cyclic N) is 1. The van der Waals surface area contributed by atoms with Gasteiger partial charge in [-0.3, -0.25) is 0 Å². The summed E-state index contributed by atoms with van der Waals surface area (Å²) in [6.07, 6.45) is 21.3. The number of cyclic esters (lactones) is 1. The number of allylic oxidation sites excluding steroid dienone is 5. The van der Waals surface area contributed by atoms with Crippen molar-refractivity contribution in [1.29, 1.82) is 0 Å². The van der Waals surface area contributed by atoms with Gasteiger partial charge in [0.25, 0.3) is 0 Å². The topological polar surface area (TPSA) is 173 Å². The molecule has 12 aliphatic rings. The van der Waals surface area contributed by atoms with E-state index in [0.717, 1.165) is 168 Å². The lowest BCUT2D eigenvalue weighted by atomic mass is 9.44. The maximum absolute atomic E-state index is 15.6. The van der Waals surface area contributed by atoms with Crippen LogP contribution in [0.5, 0.6) is 5.75 Å². The van der Waals surface area contributed by atoms with Crippen molar-refractivity contribution < 1.29 is 34.4 Å². The molecule has 4 aromatic rings. The number of carbonyl (C=O) groups is 2. The molecule has 486 valence electrons. The van der Waals surface area contributed by atoms with Crippen LogP contribution < -0.4 is 26.6 Å². The summed E-state index contributed by atoms with van der Waals surface area (Å²) in [5.41, 5.74) is 9.06. The largest absolute Gasteiger partial charge is 0.508 e. The van der Waals surface area contributed by atoms with Crippen molar-refractivity contribution in [2.45, 2.75) is 186 Å². The highest BCUT2D eigenvalue weighted by Gasteiger charge is 2.69. The summed E-state index contributed by atoms with van der Waals surface area (Å²) >= 11 is 0. The van der Waals surface area contributed by atoms with Gasteiger partial charge in [0.2, 0.25) is 0 Å². The second-order valence-corrected chi connectivity index (χ2v) is 30.1. The van der Waals surface area contributed by atoms with Gasteiger partial charge in [-0.05, 0) is 258 Å². The van der Waals surface area contributed by atoms with E-state index in [-0.39, 0.29) is 76.7 Å². The van der Waals surface area contributed by atoms with Gasteiger partial charge >= 0.3 is 11.9 Å². The Bertz CT molecular complexity index is 3640. The van der Waals surface area contributed by atoms with Crippen LogP contribution >= 0.6 is 0 Å². The number of fused-ring (bicyclic) bond motifs is 5. The van der Waals surface area contributed by atoms with Crippen LogP contribution in [0.1, 0.15) is 176 Å². The number of nitrogens with one attached hydrogen (secondary N) is 5. The second kappa shape index (κ2) is 26.2. The number of aliphatic hydroxyl groups is 2. The Labute approximate surface area is 546 Å². The lowest BCUT2D eigenvalue weighted by Crippen LogP contribution is -2.52. The van der Waals surface area contributed by atoms with E-state index in [0.29, 0.717) is 61.8 Å². The van der Waals surface area contributed by atoms with Gasteiger partial charge < -0.3 is 51.4 Å². The predicted octanol–water partition coefficient (Wildman–Crippen LogP) is 13.0. The van der Waals surface area contributed by atoms with E-state index in [1.54, 1.807) is 6.07 Å². The van der Waals surface area contributed by atoms with Crippen molar-refractivity contribution in [2.75, 3.05) is 33.2 Å². The molecule has 8 N–H and O–H groups in total. The lowest BCUT2D eigenvalue weighted by Gasteiger charge is -2.56. The Morgan fingerprint density at radius 2 is 1.66 bits per heavy atom. The van der Waals surface area contributed by atoms with Crippen LogP contribution in [-0.2, 0) is 45.0 Å². The molecular weight excluding hydrogens is 1140 g/mol. The van der Waals surface area contributed by atoms with Gasteiger partial charge in [-0.1, -0.05) is 118 Å². The summed E-state index contributed by atoms with van der Waals surface area (Å²) in [6, 6.07) is 32.1. The van der Waals surface area contributed by atoms with Gasteiger partial charge in [0.1, 0.15) is 17.3 Å². The van der Waals surface area contributed by atoms with Crippen molar-refractivity contribution in [3.63, 3.8) is 0 Å². The van der Waals surface area contributed by atoms with Crippen molar-refractivity contribution in [3.05, 3.63) is 165 Å². The summed E-state index contributed by atoms with van der Waals surface area (Å²) < 4.78 is 13.7. The number of ether oxygens (including phenoxy) is 2. The van der Waals surface area contributed by atoms with Crippen molar-refractivity contribution in [2.24, 2.45) is 58.2 Å². The van der Waals surface area contributed by atoms with Crippen molar-refractivity contribution >= 4 is 17.5 Å². The lowest BCUT2D eigenvalue weighted by molar-refractivity contribution is -0.135. The molecule has 6 aliphatic carbocycles. The zero-order valence-electron chi connectivity index (χ0n) is 54.9. The highest BCUT2D eigenvalue weighted by atomic mass is 16.6. The molecule has 92 heavy (non-hydrogen) atoms. The van der Waals surface area contributed by atoms with Crippen LogP contribution in [0.2, 0.25) is 0 Å². The standard InChI is InChI=1S/C80H99N5O7/c1-5-33-82-48-54-37-52-26-34-83-47-53-17-13-18-55(39-53)61-21-20-60(86)44-65(61)70-62-24-32-80(68(92-76(88)73(70)80)41-50(6-2)36-51-15-9-7-10-16-51)72-63(62)22-23-64-67(91-75(87)71(64)72)25-31-78(58-27-35-84-69(43-58)81-4)45-57-42-59(79(90)29-11-8-12-30-79)19-14-28-77(3,89)49-85-74(66(57)46-78)56(38-52)40-54/h7,9-10,13,15-18,20-21,25,37-41,44,50,57-59,62-63,66,69,72,74,81-86,89-90H,5-6,8,11-12,22-24,26-36,42-43,45-49H2,1-4H3. The fourth-order valence-corrected chi connectivity index (χ4v) is 19.8. The number of piperidine rings is 1. The summed E-state index contributed by atoms with van der Waals surface area (Å²) in [6.45, 7) is 10.7. The number of phenolic OH excluding ortho intramolecular Hbond substituents is 1. The molecule has 2 saturated heterocycles. The van der Waals surface area contributed by atoms with E-state index >= 15 is 9.59 Å². The fourth-order valence-electron chi connectivity index (χ4n) is 19.8. The first kappa shape index (κ1) is 63.3. The molecule has 1 spiro atoms. The SMILES string of the molecule is CCCNCc1cc2cc(c1)C1NCC(C)(O)CC#CC(C3(O)CCCCC3)CC3CC(C4CCNC(NC)C4)(CC=C4OC(=O)C5=C4CCC4C6CCC7(C(=CC(CC)Cc8ccccc8)OC(=O)C7=C6c6cc(O)ccc6-c6cccc(c6)CNCC2)C54)CC31. The molecule has 6 aliphatic heterocycles. The number of phenols is 1. The maximum atomic E-state index is 15.6. The van der Waals surface area contributed by atoms with Crippen molar-refractivity contribution in [3.8, 4) is 28.7 Å². The van der Waals surface area contributed by atoms with Gasteiger partial charge in [-0.2, -0.15) is 0 Å². The minimum Gasteiger partial charge on any atom is -0.508 e. The number of hydrogen-bond donors (Lipinski definition) is 8. The molecule has 13 unspecified atom stereocenters. The minimum absolute atomic E-state index is 0.00396. The van der Waals surface area contributed by atoms with Crippen LogP contribution in [0, 0.1) is 70.0 Å². The molecule has 0 radical (unpaired) electrons. The van der Waals surface area contributed by atoms with Crippen LogP contribution in [-0.4, -0.2) is 77.9 Å². The van der Waals surface area contributed by atoms with Gasteiger partial charge in [-0.15, -0.1) is 0 Å². The summed E-state index contributed by atoms with van der Waals surface area (Å²) in [5, 5.41) is 56.1. The van der Waals surface area contributed by atoms with Crippen LogP contribution in [0.4, 0.5) is 0 Å². The molecule has 6 heterocycles. The Morgan fingerprint density at radius 3 is 2.49 bits per heavy atom. The number of esters is 2. The molecule has 12 nitrogen and oxygen atoms in total. The number of benzene rings is 4. The number of aromatic hydroxyl groups is 1. The molecule has 5 fully saturated rings. The summed E-state index contributed by atoms with van der Waals surface area (Å²) in [4.78, 5) is 31.1. The third-order valence-electron chi connectivity index (χ3n) is 24.2. The van der Waals surface area contributed by atoms with Crippen LogP contribution in [0.25, 0.3) is 16.7 Å². The summed E-state index contributed by atoms with van der Waals surface area (Å²) in [5.74, 6) is 8.08. The molecule has 0 amide bonds. The molecule has 4 aromatic carbocycles. The Balaban J connectivity index is 0.959. The van der Waals surface area contributed by atoms with E-state index in [1.807, 2.05) is 25.1 Å². The predicted molar refractivity (Wildman–Crippen MR) is 362 cm³/mol. The van der Waals surface area contributed by atoms with Crippen LogP contribution in [0.3, 0.4) is 0 Å². The van der Waals surface area contributed by atoms with E-state index in [1.165, 1.54) is 22.3 Å². The van der Waals surface area contributed by atoms with Gasteiger partial charge in [-0.25, -0.2) is 9.59 Å². The first-order valence-electron chi connectivity index (χ1n) is 35.6. The number of carbonyl (C=O) groups excluding carboxylic acids is 2. The highest BCUT2D eigenvalue weighted by molar-refractivity contribution is 6.07. The first-order valence-corrected chi connectivity index (χ1v) is 35.6. The smallest absolute Gasteiger partial charge is 0.340 e. The van der Waals surface area contributed by atoms with Gasteiger partial charge in [0, 0.05) is 55.1 Å². The van der Waals surface area contributed by atoms with E-state index in [9.17, 15) is 15.3 Å². The average Bonchev–Trinajstić information content (AvgIpc) is 1.41. The molecule has 12 heteroatoms. The van der Waals surface area contributed by atoms with E-state index in [2.05, 4.69) is 138 Å². The third-order valence-corrected chi connectivity index (χ3v) is 24.2. The summed E-state index contributed by atoms with van der Waals surface area (Å²) in [7, 11) is 2.06. The van der Waals surface area contributed by atoms with Gasteiger partial charge in [0.15, 0.2) is 0 Å². The molecule has 3 saturated carbocycles. The first-order chi connectivity index (χ1) is 44.7. The van der Waals surface area contributed by atoms with Crippen LogP contribution in [0.15, 0.2) is 131 Å². The second-order valence-electron chi connectivity index (χ2n) is 30.1. The third kappa shape index (κ3) is 12.0. The normalized spacial score (nSPS) is 33.3. The molecule has 14 bridgehead atoms. The highest BCUT2D eigenvalue weighted by Crippen LogP contribution is 2.72. The Kier molecular flexibility index (Phi) is 18.0. The zero-order valence-corrected chi connectivity index (χ0v) is 54.9. The number of hydrogen-bond acceptors (Lipinski definition) is 12. The minimum atomic E-state index is -1.12. The average molecular weight is 1240 g/mol. The van der Waals surface area contributed by atoms with Crippen molar-refractivity contribution in [1.82, 2.24) is 26.6 Å². The maximum Gasteiger partial charge on any atom is 0.340 e. The van der Waals surface area contributed by atoms with E-state index in [4.69, 9.17) is 9.47 Å². The Hall–Kier alpha value is -6.14. The number of rotatable bonds is 11. The zero-order chi connectivity index (χ0) is 63.4. The molecule has 0 aromatic heterocycles. The quantitative estimate of drug-likeness (QED) is 0.0406. The molecular formula is C80H99N5O7. The monoisotopic (exact) mass is 1240 g/mol. The molecule has 13 atom stereocenters. The van der Waals surface area contributed by atoms with Gasteiger partial charge in [0.05, 0.1) is 28.4 Å². The van der Waals surface area contributed by atoms with E-state index < -0.39 is 16.6 Å². The fraction of sp³-hybridized carbons (Fsp3) is 0.550. The molecule has 16 rings (SSSR count). The Morgan fingerprint density at radius 1 is 0.804 bits per heavy atom.